The van der Waals surface area contributed by atoms with Gasteiger partial charge < -0.3 is 15.1 Å². The first-order valence-corrected chi connectivity index (χ1v) is 8.04. The van der Waals surface area contributed by atoms with Crippen LogP contribution in [0.1, 0.15) is 10.5 Å². The number of nitrogens with one attached hydrogen (secondary N) is 1. The molecular formula is C18H19FN4O2. The fraction of sp³-hybridized carbons (Fsp3) is 0.278. The van der Waals surface area contributed by atoms with Gasteiger partial charge in [-0.3, -0.25) is 14.6 Å². The van der Waals surface area contributed by atoms with Crippen molar-refractivity contribution in [3.63, 3.8) is 0 Å². The Morgan fingerprint density at radius 2 is 1.92 bits per heavy atom. The highest BCUT2D eigenvalue weighted by molar-refractivity contribution is 5.96. The van der Waals surface area contributed by atoms with Gasteiger partial charge in [-0.25, -0.2) is 4.39 Å². The molecule has 1 aliphatic heterocycles. The first-order valence-electron chi connectivity index (χ1n) is 8.04. The topological polar surface area (TPSA) is 65.5 Å². The summed E-state index contributed by atoms with van der Waals surface area (Å²) in [6.45, 7) is 1.27. The Bertz CT molecular complexity index is 751. The van der Waals surface area contributed by atoms with Crippen LogP contribution in [0, 0.1) is 5.82 Å². The zero-order valence-corrected chi connectivity index (χ0v) is 13.9. The lowest BCUT2D eigenvalue weighted by molar-refractivity contribution is -0.125. The van der Waals surface area contributed by atoms with Gasteiger partial charge in [-0.15, -0.1) is 0 Å². The molecule has 7 heteroatoms. The van der Waals surface area contributed by atoms with Crippen LogP contribution < -0.4 is 10.2 Å². The van der Waals surface area contributed by atoms with Crippen LogP contribution in [0.25, 0.3) is 0 Å². The molecule has 0 saturated carbocycles. The van der Waals surface area contributed by atoms with Gasteiger partial charge in [0.25, 0.3) is 5.91 Å². The van der Waals surface area contributed by atoms with E-state index in [9.17, 15) is 14.0 Å². The number of carbonyl (C=O) groups is 2. The maximum Gasteiger partial charge on any atom is 0.273 e. The van der Waals surface area contributed by atoms with Crippen LogP contribution in [0.3, 0.4) is 0 Å². The van der Waals surface area contributed by atoms with Gasteiger partial charge in [-0.2, -0.15) is 0 Å². The number of amides is 2. The van der Waals surface area contributed by atoms with E-state index in [1.807, 2.05) is 4.90 Å². The number of piperazine rings is 1. The van der Waals surface area contributed by atoms with Crippen molar-refractivity contribution in [2.75, 3.05) is 31.6 Å². The van der Waals surface area contributed by atoms with Crippen LogP contribution in [-0.2, 0) is 4.79 Å². The van der Waals surface area contributed by atoms with E-state index >= 15 is 0 Å². The molecule has 1 saturated heterocycles. The molecule has 2 aromatic rings. The third-order valence-corrected chi connectivity index (χ3v) is 4.27. The van der Waals surface area contributed by atoms with Crippen molar-refractivity contribution >= 4 is 17.5 Å². The molecule has 0 aliphatic carbocycles. The third kappa shape index (κ3) is 3.60. The van der Waals surface area contributed by atoms with Gasteiger partial charge in [-0.05, 0) is 36.4 Å². The summed E-state index contributed by atoms with van der Waals surface area (Å²) in [6, 6.07) is 10.6. The second-order valence-electron chi connectivity index (χ2n) is 5.77. The standard InChI is InChI=1S/C18H19FN4O2/c1-20-17(24)16-12-22(14-7-5-13(19)6-8-14)10-11-23(16)18(25)15-4-2-3-9-21-15/h2-9,16H,10-12H2,1H3,(H,20,24). The smallest absolute Gasteiger partial charge is 0.273 e. The highest BCUT2D eigenvalue weighted by Gasteiger charge is 2.35. The van der Waals surface area contributed by atoms with Gasteiger partial charge in [0, 0.05) is 38.6 Å². The molecular weight excluding hydrogens is 323 g/mol. The summed E-state index contributed by atoms with van der Waals surface area (Å²) >= 11 is 0. The summed E-state index contributed by atoms with van der Waals surface area (Å²) in [5, 5.41) is 2.61. The van der Waals surface area contributed by atoms with Gasteiger partial charge in [0.1, 0.15) is 17.6 Å². The second-order valence-corrected chi connectivity index (χ2v) is 5.77. The maximum atomic E-state index is 13.1. The summed E-state index contributed by atoms with van der Waals surface area (Å²) in [6.07, 6.45) is 1.55. The van der Waals surface area contributed by atoms with Gasteiger partial charge in [0.05, 0.1) is 0 Å². The number of anilines is 1. The Labute approximate surface area is 145 Å². The Morgan fingerprint density at radius 3 is 2.56 bits per heavy atom. The average Bonchev–Trinajstić information content (AvgIpc) is 2.67. The maximum absolute atomic E-state index is 13.1. The number of rotatable bonds is 3. The molecule has 1 atom stereocenters. The van der Waals surface area contributed by atoms with E-state index in [1.54, 1.807) is 48.5 Å². The summed E-state index contributed by atoms with van der Waals surface area (Å²) in [5.74, 6) is -0.820. The minimum absolute atomic E-state index is 0.240. The van der Waals surface area contributed by atoms with E-state index < -0.39 is 6.04 Å². The molecule has 1 unspecified atom stereocenters. The van der Waals surface area contributed by atoms with Gasteiger partial charge in [0.15, 0.2) is 0 Å². The fourth-order valence-electron chi connectivity index (χ4n) is 2.94. The van der Waals surface area contributed by atoms with E-state index in [0.29, 0.717) is 25.3 Å². The number of hydrogen-bond donors (Lipinski definition) is 1. The number of hydrogen-bond acceptors (Lipinski definition) is 4. The number of halogens is 1. The van der Waals surface area contributed by atoms with Gasteiger partial charge in [-0.1, -0.05) is 6.07 Å². The zero-order valence-electron chi connectivity index (χ0n) is 13.9. The number of benzene rings is 1. The molecule has 1 fully saturated rings. The van der Waals surface area contributed by atoms with E-state index in [4.69, 9.17) is 0 Å². The first kappa shape index (κ1) is 16.9. The Hall–Kier alpha value is -2.96. The molecule has 2 heterocycles. The van der Waals surface area contributed by atoms with E-state index in [1.165, 1.54) is 12.1 Å². The number of carbonyl (C=O) groups excluding carboxylic acids is 2. The minimum atomic E-state index is -0.640. The highest BCUT2D eigenvalue weighted by Crippen LogP contribution is 2.21. The minimum Gasteiger partial charge on any atom is -0.367 e. The van der Waals surface area contributed by atoms with Crippen LogP contribution in [-0.4, -0.2) is 54.4 Å². The number of nitrogens with zero attached hydrogens (tertiary/aromatic N) is 3. The van der Waals surface area contributed by atoms with Crippen molar-refractivity contribution in [3.8, 4) is 0 Å². The molecule has 25 heavy (non-hydrogen) atoms. The molecule has 3 rings (SSSR count). The van der Waals surface area contributed by atoms with Crippen LogP contribution in [0.5, 0.6) is 0 Å². The largest absolute Gasteiger partial charge is 0.367 e. The van der Waals surface area contributed by atoms with E-state index in [2.05, 4.69) is 10.3 Å². The third-order valence-electron chi connectivity index (χ3n) is 4.27. The Kier molecular flexibility index (Phi) is 4.92. The Balaban J connectivity index is 1.82. The van der Waals surface area contributed by atoms with Crippen molar-refractivity contribution in [3.05, 3.63) is 60.2 Å². The van der Waals surface area contributed by atoms with Crippen molar-refractivity contribution in [2.24, 2.45) is 0 Å². The first-order chi connectivity index (χ1) is 12.1. The van der Waals surface area contributed by atoms with Crippen molar-refractivity contribution in [1.29, 1.82) is 0 Å². The Morgan fingerprint density at radius 1 is 1.16 bits per heavy atom. The molecule has 0 bridgehead atoms. The van der Waals surface area contributed by atoms with Gasteiger partial charge in [0.2, 0.25) is 5.91 Å². The second kappa shape index (κ2) is 7.29. The monoisotopic (exact) mass is 342 g/mol. The molecule has 130 valence electrons. The average molecular weight is 342 g/mol. The van der Waals surface area contributed by atoms with Crippen molar-refractivity contribution < 1.29 is 14.0 Å². The van der Waals surface area contributed by atoms with Crippen LogP contribution in [0.4, 0.5) is 10.1 Å². The van der Waals surface area contributed by atoms with Gasteiger partial charge >= 0.3 is 0 Å². The molecule has 2 amide bonds. The van der Waals surface area contributed by atoms with Crippen molar-refractivity contribution in [2.45, 2.75) is 6.04 Å². The van der Waals surface area contributed by atoms with E-state index in [0.717, 1.165) is 5.69 Å². The molecule has 1 N–H and O–H groups in total. The number of likely N-dealkylation sites (N-methyl/N-ethyl adjacent to an activating group) is 1. The quantitative estimate of drug-likeness (QED) is 0.913. The molecule has 1 aromatic heterocycles. The number of aromatic nitrogens is 1. The van der Waals surface area contributed by atoms with Crippen LogP contribution >= 0.6 is 0 Å². The summed E-state index contributed by atoms with van der Waals surface area (Å²) in [7, 11) is 1.54. The predicted octanol–water partition coefficient (Wildman–Crippen LogP) is 1.30. The predicted molar refractivity (Wildman–Crippen MR) is 91.7 cm³/mol. The van der Waals surface area contributed by atoms with Crippen LogP contribution in [0.15, 0.2) is 48.7 Å². The molecule has 6 nitrogen and oxygen atoms in total. The summed E-state index contributed by atoms with van der Waals surface area (Å²) in [4.78, 5) is 32.7. The zero-order chi connectivity index (χ0) is 17.8. The summed E-state index contributed by atoms with van der Waals surface area (Å²) in [5.41, 5.74) is 1.13. The molecule has 1 aromatic carbocycles. The SMILES string of the molecule is CNC(=O)C1CN(c2ccc(F)cc2)CCN1C(=O)c1ccccn1. The highest BCUT2D eigenvalue weighted by atomic mass is 19.1. The molecule has 1 aliphatic rings. The molecule has 0 radical (unpaired) electrons. The lowest BCUT2D eigenvalue weighted by Gasteiger charge is -2.41. The van der Waals surface area contributed by atoms with Crippen molar-refractivity contribution in [1.82, 2.24) is 15.2 Å². The lowest BCUT2D eigenvalue weighted by atomic mass is 10.1. The summed E-state index contributed by atoms with van der Waals surface area (Å²) < 4.78 is 13.1. The number of pyridine rings is 1. The fourth-order valence-corrected chi connectivity index (χ4v) is 2.94. The van der Waals surface area contributed by atoms with Crippen LogP contribution in [0.2, 0.25) is 0 Å². The lowest BCUT2D eigenvalue weighted by Crippen LogP contribution is -2.60. The normalized spacial score (nSPS) is 17.3. The molecule has 0 spiro atoms. The van der Waals surface area contributed by atoms with E-state index in [-0.39, 0.29) is 17.6 Å².